The second-order valence-electron chi connectivity index (χ2n) is 6.55. The Morgan fingerprint density at radius 1 is 1.31 bits per heavy atom. The number of halogens is 1. The monoisotopic (exact) mass is 446 g/mol. The van der Waals surface area contributed by atoms with Crippen LogP contribution in [-0.4, -0.2) is 22.3 Å². The van der Waals surface area contributed by atoms with E-state index in [4.69, 9.17) is 0 Å². The first-order valence-electron chi connectivity index (χ1n) is 8.65. The van der Waals surface area contributed by atoms with Crippen LogP contribution in [0.15, 0.2) is 45.6 Å². The van der Waals surface area contributed by atoms with E-state index in [1.54, 1.807) is 22.7 Å². The summed E-state index contributed by atoms with van der Waals surface area (Å²) in [6.45, 7) is 2.97. The number of aryl methyl sites for hydroxylation is 1. The number of amides is 1. The van der Waals surface area contributed by atoms with Gasteiger partial charge < -0.3 is 4.90 Å². The summed E-state index contributed by atoms with van der Waals surface area (Å²) < 4.78 is 1.07. The second-order valence-corrected chi connectivity index (χ2v) is 9.24. The Bertz CT molecular complexity index is 933. The van der Waals surface area contributed by atoms with Gasteiger partial charge in [0.25, 0.3) is 0 Å². The summed E-state index contributed by atoms with van der Waals surface area (Å²) in [5, 5.41) is 5.05. The maximum atomic E-state index is 12.9. The fourth-order valence-electron chi connectivity index (χ4n) is 3.53. The second kappa shape index (κ2) is 7.62. The van der Waals surface area contributed by atoms with E-state index in [1.807, 2.05) is 10.3 Å². The summed E-state index contributed by atoms with van der Waals surface area (Å²) in [7, 11) is 0. The Balaban J connectivity index is 1.49. The first-order valence-corrected chi connectivity index (χ1v) is 11.2. The minimum atomic E-state index is 0.181. The zero-order chi connectivity index (χ0) is 18.1. The smallest absolute Gasteiger partial charge is 0.229 e. The standard InChI is InChI=1S/C20H19BrN2OS2/c1-13-5-2-3-6-16(13)17-7-4-8-23(17)19(24)10-15-12-26-20(22-15)18-9-14(21)11-25-18/h2-3,5-6,9,11-12,17H,4,7-8,10H2,1H3. The Morgan fingerprint density at radius 3 is 2.92 bits per heavy atom. The molecule has 6 heteroatoms. The van der Waals surface area contributed by atoms with Crippen molar-refractivity contribution in [1.29, 1.82) is 0 Å². The van der Waals surface area contributed by atoms with Gasteiger partial charge in [-0.15, -0.1) is 22.7 Å². The van der Waals surface area contributed by atoms with Crippen LogP contribution >= 0.6 is 38.6 Å². The van der Waals surface area contributed by atoms with Gasteiger partial charge in [0.05, 0.1) is 23.0 Å². The van der Waals surface area contributed by atoms with Crippen molar-refractivity contribution >= 4 is 44.5 Å². The summed E-state index contributed by atoms with van der Waals surface area (Å²) in [5.41, 5.74) is 3.41. The fourth-order valence-corrected chi connectivity index (χ4v) is 5.86. The van der Waals surface area contributed by atoms with Crippen LogP contribution in [0.3, 0.4) is 0 Å². The molecule has 1 amide bonds. The number of benzene rings is 1. The van der Waals surface area contributed by atoms with E-state index in [-0.39, 0.29) is 11.9 Å². The molecule has 26 heavy (non-hydrogen) atoms. The van der Waals surface area contributed by atoms with E-state index in [0.29, 0.717) is 6.42 Å². The van der Waals surface area contributed by atoms with Gasteiger partial charge in [-0.25, -0.2) is 4.98 Å². The van der Waals surface area contributed by atoms with E-state index < -0.39 is 0 Å². The lowest BCUT2D eigenvalue weighted by atomic mass is 9.99. The van der Waals surface area contributed by atoms with E-state index >= 15 is 0 Å². The lowest BCUT2D eigenvalue weighted by molar-refractivity contribution is -0.131. The molecule has 3 aromatic rings. The molecular weight excluding hydrogens is 428 g/mol. The quantitative estimate of drug-likeness (QED) is 0.503. The van der Waals surface area contributed by atoms with Crippen LogP contribution in [0.5, 0.6) is 0 Å². The third kappa shape index (κ3) is 3.63. The van der Waals surface area contributed by atoms with Gasteiger partial charge >= 0.3 is 0 Å². The zero-order valence-electron chi connectivity index (χ0n) is 14.4. The molecule has 0 radical (unpaired) electrons. The molecule has 1 aromatic carbocycles. The minimum Gasteiger partial charge on any atom is -0.335 e. The van der Waals surface area contributed by atoms with Crippen LogP contribution < -0.4 is 0 Å². The highest BCUT2D eigenvalue weighted by atomic mass is 79.9. The molecule has 0 aliphatic carbocycles. The number of aromatic nitrogens is 1. The lowest BCUT2D eigenvalue weighted by Gasteiger charge is -2.26. The van der Waals surface area contributed by atoms with Crippen molar-refractivity contribution in [3.05, 3.63) is 62.4 Å². The van der Waals surface area contributed by atoms with Gasteiger partial charge in [0.15, 0.2) is 0 Å². The van der Waals surface area contributed by atoms with Crippen LogP contribution in [0.25, 0.3) is 9.88 Å². The molecule has 1 fully saturated rings. The average molecular weight is 447 g/mol. The third-order valence-corrected chi connectivity index (χ3v) is 7.53. The first-order chi connectivity index (χ1) is 12.6. The molecule has 134 valence electrons. The molecule has 0 N–H and O–H groups in total. The van der Waals surface area contributed by atoms with Crippen molar-refractivity contribution in [2.45, 2.75) is 32.2 Å². The SMILES string of the molecule is Cc1ccccc1C1CCCN1C(=O)Cc1csc(-c2cc(Br)cs2)n1. The molecule has 0 saturated carbocycles. The third-order valence-electron chi connectivity index (χ3n) is 4.78. The zero-order valence-corrected chi connectivity index (χ0v) is 17.7. The van der Waals surface area contributed by atoms with Crippen molar-refractivity contribution in [2.75, 3.05) is 6.54 Å². The van der Waals surface area contributed by atoms with E-state index in [9.17, 15) is 4.79 Å². The molecule has 0 spiro atoms. The molecular formula is C20H19BrN2OS2. The largest absolute Gasteiger partial charge is 0.335 e. The summed E-state index contributed by atoms with van der Waals surface area (Å²) in [6, 6.07) is 10.7. The van der Waals surface area contributed by atoms with Gasteiger partial charge in [-0.3, -0.25) is 4.79 Å². The van der Waals surface area contributed by atoms with Crippen LogP contribution in [0.4, 0.5) is 0 Å². The van der Waals surface area contributed by atoms with E-state index in [1.165, 1.54) is 11.1 Å². The predicted octanol–water partition coefficient (Wildman–Crippen LogP) is 5.85. The number of hydrogen-bond acceptors (Lipinski definition) is 4. The number of carbonyl (C=O) groups is 1. The van der Waals surface area contributed by atoms with Crippen molar-refractivity contribution < 1.29 is 4.79 Å². The minimum absolute atomic E-state index is 0.181. The van der Waals surface area contributed by atoms with E-state index in [2.05, 4.69) is 63.5 Å². The molecule has 1 aliphatic rings. The molecule has 2 aromatic heterocycles. The van der Waals surface area contributed by atoms with Gasteiger partial charge in [0, 0.05) is 21.8 Å². The molecule has 1 unspecified atom stereocenters. The Labute approximate surface area is 169 Å². The highest BCUT2D eigenvalue weighted by Gasteiger charge is 2.30. The first kappa shape index (κ1) is 17.9. The van der Waals surface area contributed by atoms with Crippen LogP contribution in [0.2, 0.25) is 0 Å². The molecule has 3 nitrogen and oxygen atoms in total. The highest BCUT2D eigenvalue weighted by Crippen LogP contribution is 2.35. The molecule has 1 atom stereocenters. The molecule has 0 bridgehead atoms. The van der Waals surface area contributed by atoms with Crippen molar-refractivity contribution in [2.24, 2.45) is 0 Å². The molecule has 1 saturated heterocycles. The van der Waals surface area contributed by atoms with Gasteiger partial charge in [-0.05, 0) is 52.9 Å². The molecule has 1 aliphatic heterocycles. The maximum absolute atomic E-state index is 12.9. The maximum Gasteiger partial charge on any atom is 0.229 e. The summed E-state index contributed by atoms with van der Waals surface area (Å²) in [6.07, 6.45) is 2.49. The Morgan fingerprint density at radius 2 is 2.15 bits per heavy atom. The van der Waals surface area contributed by atoms with E-state index in [0.717, 1.165) is 39.4 Å². The van der Waals surface area contributed by atoms with Gasteiger partial charge in [-0.2, -0.15) is 0 Å². The predicted molar refractivity (Wildman–Crippen MR) is 112 cm³/mol. The average Bonchev–Trinajstić information content (AvgIpc) is 3.35. The van der Waals surface area contributed by atoms with Gasteiger partial charge in [0.1, 0.15) is 5.01 Å². The van der Waals surface area contributed by atoms with Gasteiger partial charge in [-0.1, -0.05) is 24.3 Å². The van der Waals surface area contributed by atoms with Gasteiger partial charge in [0.2, 0.25) is 5.91 Å². The number of rotatable bonds is 4. The highest BCUT2D eigenvalue weighted by molar-refractivity contribution is 9.10. The normalized spacial score (nSPS) is 17.0. The number of carbonyl (C=O) groups excluding carboxylic acids is 1. The fraction of sp³-hybridized carbons (Fsp3) is 0.300. The van der Waals surface area contributed by atoms with Crippen molar-refractivity contribution in [3.8, 4) is 9.88 Å². The van der Waals surface area contributed by atoms with Crippen LogP contribution in [0, 0.1) is 6.92 Å². The number of thiazole rings is 1. The number of nitrogens with zero attached hydrogens (tertiary/aromatic N) is 2. The van der Waals surface area contributed by atoms with Crippen LogP contribution in [0.1, 0.15) is 35.7 Å². The summed E-state index contributed by atoms with van der Waals surface area (Å²) >= 11 is 6.76. The van der Waals surface area contributed by atoms with Crippen molar-refractivity contribution in [3.63, 3.8) is 0 Å². The lowest BCUT2D eigenvalue weighted by Crippen LogP contribution is -2.32. The number of hydrogen-bond donors (Lipinski definition) is 0. The number of likely N-dealkylation sites (tertiary alicyclic amines) is 1. The Kier molecular flexibility index (Phi) is 5.25. The molecule has 3 heterocycles. The van der Waals surface area contributed by atoms with Crippen molar-refractivity contribution in [1.82, 2.24) is 9.88 Å². The Hall–Kier alpha value is -1.50. The molecule has 4 rings (SSSR count). The number of thiophene rings is 1. The van der Waals surface area contributed by atoms with Crippen LogP contribution in [-0.2, 0) is 11.2 Å². The summed E-state index contributed by atoms with van der Waals surface area (Å²) in [5.74, 6) is 0.181. The summed E-state index contributed by atoms with van der Waals surface area (Å²) in [4.78, 5) is 20.8. The topological polar surface area (TPSA) is 33.2 Å².